The molecule has 10 heteroatoms. The average Bonchev–Trinajstić information content (AvgIpc) is 2.49. The summed E-state index contributed by atoms with van der Waals surface area (Å²) >= 11 is 5.73. The van der Waals surface area contributed by atoms with Crippen molar-refractivity contribution in [2.45, 2.75) is 12.8 Å². The van der Waals surface area contributed by atoms with Crippen molar-refractivity contribution >= 4 is 29.2 Å². The van der Waals surface area contributed by atoms with Crippen molar-refractivity contribution in [3.8, 4) is 5.75 Å². The van der Waals surface area contributed by atoms with Gasteiger partial charge in [0.05, 0.1) is 10.7 Å². The highest BCUT2D eigenvalue weighted by Gasteiger charge is 2.32. The van der Waals surface area contributed by atoms with Gasteiger partial charge in [-0.25, -0.2) is 4.99 Å². The van der Waals surface area contributed by atoms with Crippen LogP contribution in [-0.4, -0.2) is 36.3 Å². The van der Waals surface area contributed by atoms with Crippen LogP contribution in [0.1, 0.15) is 6.42 Å². The van der Waals surface area contributed by atoms with Gasteiger partial charge in [0, 0.05) is 13.1 Å². The molecule has 130 valence electrons. The molecule has 0 aliphatic carbocycles. The maximum absolute atomic E-state index is 12.2. The number of hydrogen-bond donors (Lipinski definition) is 2. The summed E-state index contributed by atoms with van der Waals surface area (Å²) in [6.45, 7) is 1.34. The van der Waals surface area contributed by atoms with E-state index in [9.17, 15) is 13.2 Å². The molecule has 1 aromatic rings. The van der Waals surface area contributed by atoms with E-state index in [4.69, 9.17) is 23.1 Å². The van der Waals surface area contributed by atoms with E-state index in [1.54, 1.807) is 0 Å². The Morgan fingerprint density at radius 2 is 2.00 bits per heavy atom. The molecule has 0 saturated carbocycles. The topological polar surface area (TPSA) is 89.2 Å². The van der Waals surface area contributed by atoms with E-state index in [-0.39, 0.29) is 22.6 Å². The molecule has 0 radical (unpaired) electrons. The molecule has 0 atom stereocenters. The van der Waals surface area contributed by atoms with Gasteiger partial charge >= 0.3 is 6.36 Å². The number of nitrogens with two attached hydrogens (primary N) is 2. The highest BCUT2D eigenvalue weighted by Crippen LogP contribution is 2.32. The molecular weight excluding hydrogens is 347 g/mol. The summed E-state index contributed by atoms with van der Waals surface area (Å²) in [6.07, 6.45) is 0.0186. The number of aliphatic imine (C=N–C) groups is 2. The van der Waals surface area contributed by atoms with Crippen molar-refractivity contribution in [2.24, 2.45) is 21.5 Å². The molecule has 0 spiro atoms. The smallest absolute Gasteiger partial charge is 0.404 e. The van der Waals surface area contributed by atoms with E-state index in [2.05, 4.69) is 14.7 Å². The first-order chi connectivity index (χ1) is 11.2. The Morgan fingerprint density at radius 3 is 2.58 bits per heavy atom. The molecule has 24 heavy (non-hydrogen) atoms. The average molecular weight is 362 g/mol. The second-order valence-corrected chi connectivity index (χ2v) is 5.22. The van der Waals surface area contributed by atoms with Gasteiger partial charge in [-0.2, -0.15) is 4.99 Å². The summed E-state index contributed by atoms with van der Waals surface area (Å²) in [5, 5.41) is -0.250. The lowest BCUT2D eigenvalue weighted by atomic mass is 10.3. The first-order valence-corrected chi connectivity index (χ1v) is 7.26. The SMILES string of the molecule is NC(=Nc1ccc(OC(F)(F)F)c(Cl)c1)/N=C(/N)N1CC=CCC1. The van der Waals surface area contributed by atoms with Crippen LogP contribution in [0, 0.1) is 0 Å². The molecule has 4 N–H and O–H groups in total. The Bertz CT molecular complexity index is 687. The van der Waals surface area contributed by atoms with Crippen LogP contribution < -0.4 is 16.2 Å². The maximum atomic E-state index is 12.2. The molecule has 0 saturated heterocycles. The van der Waals surface area contributed by atoms with Gasteiger partial charge < -0.3 is 21.1 Å². The van der Waals surface area contributed by atoms with Gasteiger partial charge in [-0.15, -0.1) is 13.2 Å². The van der Waals surface area contributed by atoms with Crippen LogP contribution in [0.5, 0.6) is 5.75 Å². The number of hydrogen-bond acceptors (Lipinski definition) is 2. The van der Waals surface area contributed by atoms with Crippen molar-refractivity contribution < 1.29 is 17.9 Å². The Kier molecular flexibility index (Phi) is 5.55. The number of halogens is 4. The normalized spacial score (nSPS) is 16.4. The Labute approximate surface area is 141 Å². The molecule has 0 unspecified atom stereocenters. The summed E-state index contributed by atoms with van der Waals surface area (Å²) in [4.78, 5) is 9.74. The fraction of sp³-hybridized carbons (Fsp3) is 0.286. The van der Waals surface area contributed by atoms with Crippen molar-refractivity contribution in [3.63, 3.8) is 0 Å². The molecule has 1 aliphatic heterocycles. The summed E-state index contributed by atoms with van der Waals surface area (Å²) in [6, 6.07) is 3.50. The van der Waals surface area contributed by atoms with Crippen molar-refractivity contribution in [2.75, 3.05) is 13.1 Å². The molecule has 0 aromatic heterocycles. The fourth-order valence-corrected chi connectivity index (χ4v) is 2.17. The van der Waals surface area contributed by atoms with E-state index in [1.165, 1.54) is 12.1 Å². The third-order valence-corrected chi connectivity index (χ3v) is 3.29. The second kappa shape index (κ2) is 7.43. The largest absolute Gasteiger partial charge is 0.573 e. The molecule has 1 aliphatic rings. The van der Waals surface area contributed by atoms with Crippen molar-refractivity contribution in [1.82, 2.24) is 4.90 Å². The molecule has 0 amide bonds. The van der Waals surface area contributed by atoms with Gasteiger partial charge in [0.1, 0.15) is 5.75 Å². The van der Waals surface area contributed by atoms with Gasteiger partial charge in [0.15, 0.2) is 5.96 Å². The minimum absolute atomic E-state index is 0.136. The maximum Gasteiger partial charge on any atom is 0.573 e. The lowest BCUT2D eigenvalue weighted by molar-refractivity contribution is -0.274. The van der Waals surface area contributed by atoms with Crippen LogP contribution in [0.15, 0.2) is 40.3 Å². The van der Waals surface area contributed by atoms with E-state index in [0.717, 1.165) is 12.5 Å². The van der Waals surface area contributed by atoms with Crippen LogP contribution >= 0.6 is 11.6 Å². The molecule has 1 aromatic carbocycles. The van der Waals surface area contributed by atoms with Crippen molar-refractivity contribution in [1.29, 1.82) is 0 Å². The number of benzene rings is 1. The summed E-state index contributed by atoms with van der Waals surface area (Å²) in [5.74, 6) is -0.448. The van der Waals surface area contributed by atoms with Crippen LogP contribution in [-0.2, 0) is 0 Å². The van der Waals surface area contributed by atoms with E-state index >= 15 is 0 Å². The highest BCUT2D eigenvalue weighted by atomic mass is 35.5. The first-order valence-electron chi connectivity index (χ1n) is 6.88. The van der Waals surface area contributed by atoms with E-state index in [1.807, 2.05) is 17.1 Å². The monoisotopic (exact) mass is 361 g/mol. The lowest BCUT2D eigenvalue weighted by Gasteiger charge is -2.23. The third-order valence-electron chi connectivity index (χ3n) is 3.00. The number of alkyl halides is 3. The molecule has 2 rings (SSSR count). The van der Waals surface area contributed by atoms with Crippen LogP contribution in [0.2, 0.25) is 5.02 Å². The van der Waals surface area contributed by atoms with Crippen LogP contribution in [0.3, 0.4) is 0 Å². The third kappa shape index (κ3) is 5.34. The summed E-state index contributed by atoms with van der Waals surface area (Å²) < 4.78 is 40.3. The highest BCUT2D eigenvalue weighted by molar-refractivity contribution is 6.32. The minimum Gasteiger partial charge on any atom is -0.404 e. The zero-order valence-electron chi connectivity index (χ0n) is 12.4. The fourth-order valence-electron chi connectivity index (χ4n) is 1.96. The Morgan fingerprint density at radius 1 is 1.25 bits per heavy atom. The van der Waals surface area contributed by atoms with Crippen molar-refractivity contribution in [3.05, 3.63) is 35.4 Å². The molecular formula is C14H15ClF3N5O. The standard InChI is InChI=1S/C14H15ClF3N5O/c15-10-8-9(4-5-11(10)24-14(16,17)18)21-12(19)22-13(20)23-6-2-1-3-7-23/h1-2,4-5,8H,3,6-7H2,(H4,19,20,21,22). The van der Waals surface area contributed by atoms with Crippen LogP contribution in [0.25, 0.3) is 0 Å². The molecule has 6 nitrogen and oxygen atoms in total. The van der Waals surface area contributed by atoms with Gasteiger partial charge in [0.25, 0.3) is 0 Å². The Hall–Kier alpha value is -2.42. The summed E-state index contributed by atoms with van der Waals surface area (Å²) in [7, 11) is 0. The number of rotatable bonds is 2. The second-order valence-electron chi connectivity index (χ2n) is 4.81. The summed E-state index contributed by atoms with van der Waals surface area (Å²) in [5.41, 5.74) is 11.7. The van der Waals surface area contributed by atoms with Gasteiger partial charge in [0.2, 0.25) is 5.96 Å². The first kappa shape index (κ1) is 17.9. The molecule has 0 bridgehead atoms. The van der Waals surface area contributed by atoms with Gasteiger partial charge in [-0.3, -0.25) is 0 Å². The zero-order chi connectivity index (χ0) is 17.7. The van der Waals surface area contributed by atoms with E-state index in [0.29, 0.717) is 13.1 Å². The lowest BCUT2D eigenvalue weighted by Crippen LogP contribution is -2.40. The van der Waals surface area contributed by atoms with Gasteiger partial charge in [-0.05, 0) is 24.6 Å². The van der Waals surface area contributed by atoms with Crippen LogP contribution in [0.4, 0.5) is 18.9 Å². The number of guanidine groups is 2. The number of ether oxygens (including phenoxy) is 1. The zero-order valence-corrected chi connectivity index (χ0v) is 13.2. The molecule has 0 fully saturated rings. The number of nitrogens with zero attached hydrogens (tertiary/aromatic N) is 3. The quantitative estimate of drug-likeness (QED) is 0.481. The van der Waals surface area contributed by atoms with Gasteiger partial charge in [-0.1, -0.05) is 23.8 Å². The van der Waals surface area contributed by atoms with E-state index < -0.39 is 12.1 Å². The predicted octanol–water partition coefficient (Wildman–Crippen LogP) is 2.76. The Balaban J connectivity index is 2.12. The molecule has 1 heterocycles. The minimum atomic E-state index is -4.82. The predicted molar refractivity (Wildman–Crippen MR) is 86.4 cm³/mol.